The van der Waals surface area contributed by atoms with Crippen LogP contribution in [0.4, 0.5) is 0 Å². The van der Waals surface area contributed by atoms with E-state index in [1.165, 1.54) is 17.5 Å². The fraction of sp³-hybridized carbons (Fsp3) is 0.167. The molecule has 1 N–H and O–H groups in total. The van der Waals surface area contributed by atoms with Crippen molar-refractivity contribution in [3.63, 3.8) is 0 Å². The Morgan fingerprint density at radius 1 is 1.06 bits per heavy atom. The molecule has 0 bridgehead atoms. The van der Waals surface area contributed by atoms with Crippen LogP contribution in [0.25, 0.3) is 16.8 Å². The Labute approximate surface area is 179 Å². The maximum Gasteiger partial charge on any atom is 0.251 e. The summed E-state index contributed by atoms with van der Waals surface area (Å²) in [5.74, 6) is 0.873. The number of ether oxygens (including phenoxy) is 1. The predicted molar refractivity (Wildman–Crippen MR) is 116 cm³/mol. The highest BCUT2D eigenvalue weighted by molar-refractivity contribution is 5.94. The third-order valence-electron chi connectivity index (χ3n) is 5.48. The first-order chi connectivity index (χ1) is 15.2. The monoisotopic (exact) mass is 411 g/mol. The summed E-state index contributed by atoms with van der Waals surface area (Å²) in [7, 11) is 0. The topological polar surface area (TPSA) is 81.9 Å². The molecule has 31 heavy (non-hydrogen) atoms. The number of carbonyl (C=O) groups excluding carboxylic acids is 1. The number of aryl methyl sites for hydroxylation is 1. The zero-order valence-electron chi connectivity index (χ0n) is 17.1. The average Bonchev–Trinajstić information content (AvgIpc) is 3.49. The van der Waals surface area contributed by atoms with Crippen molar-refractivity contribution < 1.29 is 9.53 Å². The van der Waals surface area contributed by atoms with Gasteiger partial charge in [0.25, 0.3) is 5.91 Å². The summed E-state index contributed by atoms with van der Waals surface area (Å²) in [6.45, 7) is 3.15. The Hall–Kier alpha value is -4.00. The highest BCUT2D eigenvalue weighted by atomic mass is 16.5. The van der Waals surface area contributed by atoms with Crippen LogP contribution >= 0.6 is 0 Å². The Morgan fingerprint density at radius 2 is 1.90 bits per heavy atom. The van der Waals surface area contributed by atoms with E-state index in [-0.39, 0.29) is 5.91 Å². The van der Waals surface area contributed by atoms with Gasteiger partial charge in [-0.2, -0.15) is 0 Å². The highest BCUT2D eigenvalue weighted by Crippen LogP contribution is 2.30. The first-order valence-corrected chi connectivity index (χ1v) is 10.1. The molecule has 1 aliphatic heterocycles. The van der Waals surface area contributed by atoms with Gasteiger partial charge in [0.1, 0.15) is 12.1 Å². The van der Waals surface area contributed by atoms with Gasteiger partial charge in [0.15, 0.2) is 0 Å². The van der Waals surface area contributed by atoms with Gasteiger partial charge in [-0.3, -0.25) is 4.79 Å². The van der Waals surface area contributed by atoms with Crippen molar-refractivity contribution in [2.45, 2.75) is 19.9 Å². The second kappa shape index (κ2) is 8.02. The lowest BCUT2D eigenvalue weighted by Gasteiger charge is -2.10. The molecule has 0 fully saturated rings. The van der Waals surface area contributed by atoms with Crippen molar-refractivity contribution in [1.29, 1.82) is 0 Å². The smallest absolute Gasteiger partial charge is 0.251 e. The van der Waals surface area contributed by atoms with Gasteiger partial charge in [-0.05, 0) is 75.5 Å². The number of aromatic nitrogens is 4. The quantitative estimate of drug-likeness (QED) is 0.544. The molecule has 3 aromatic carbocycles. The Balaban J connectivity index is 1.24. The first kappa shape index (κ1) is 19.0. The van der Waals surface area contributed by atoms with Crippen LogP contribution in [0.3, 0.4) is 0 Å². The fourth-order valence-electron chi connectivity index (χ4n) is 3.79. The largest absolute Gasteiger partial charge is 0.493 e. The van der Waals surface area contributed by atoms with E-state index in [4.69, 9.17) is 4.74 Å². The normalized spacial score (nSPS) is 12.3. The summed E-state index contributed by atoms with van der Waals surface area (Å²) in [6, 6.07) is 20.1. The van der Waals surface area contributed by atoms with Crippen molar-refractivity contribution in [2.75, 3.05) is 6.61 Å². The molecule has 5 rings (SSSR count). The number of hydrogen-bond acceptors (Lipinski definition) is 5. The number of benzene rings is 3. The molecule has 2 heterocycles. The minimum absolute atomic E-state index is 0.117. The third-order valence-corrected chi connectivity index (χ3v) is 5.48. The van der Waals surface area contributed by atoms with Crippen molar-refractivity contribution >= 4 is 5.91 Å². The molecule has 0 aliphatic carbocycles. The summed E-state index contributed by atoms with van der Waals surface area (Å²) < 4.78 is 7.16. The minimum Gasteiger partial charge on any atom is -0.493 e. The number of rotatable bonds is 5. The number of carbonyl (C=O) groups is 1. The molecule has 0 radical (unpaired) electrons. The van der Waals surface area contributed by atoms with E-state index < -0.39 is 0 Å². The fourth-order valence-corrected chi connectivity index (χ4v) is 3.79. The number of fused-ring (bicyclic) bond motifs is 1. The van der Waals surface area contributed by atoms with Gasteiger partial charge in [0.2, 0.25) is 0 Å². The molecular weight excluding hydrogens is 390 g/mol. The number of hydrogen-bond donors (Lipinski definition) is 1. The number of nitrogens with one attached hydrogen (secondary N) is 1. The maximum atomic E-state index is 12.6. The molecule has 0 saturated heterocycles. The zero-order chi connectivity index (χ0) is 21.2. The minimum atomic E-state index is -0.117. The lowest BCUT2D eigenvalue weighted by molar-refractivity contribution is 0.0951. The number of tetrazole rings is 1. The molecule has 154 valence electrons. The molecule has 4 aromatic rings. The zero-order valence-corrected chi connectivity index (χ0v) is 17.1. The van der Waals surface area contributed by atoms with Crippen LogP contribution in [0.15, 0.2) is 67.0 Å². The maximum absolute atomic E-state index is 12.6. The van der Waals surface area contributed by atoms with Crippen LogP contribution < -0.4 is 10.1 Å². The van der Waals surface area contributed by atoms with Crippen LogP contribution in [-0.2, 0) is 13.0 Å². The van der Waals surface area contributed by atoms with Gasteiger partial charge in [-0.1, -0.05) is 30.3 Å². The van der Waals surface area contributed by atoms with Crippen molar-refractivity contribution in [3.05, 3.63) is 89.2 Å². The first-order valence-electron chi connectivity index (χ1n) is 10.1. The summed E-state index contributed by atoms with van der Waals surface area (Å²) in [6.07, 6.45) is 2.49. The summed E-state index contributed by atoms with van der Waals surface area (Å²) >= 11 is 0. The van der Waals surface area contributed by atoms with E-state index in [2.05, 4.69) is 45.1 Å². The Bertz CT molecular complexity index is 1230. The van der Waals surface area contributed by atoms with Crippen LogP contribution in [0, 0.1) is 6.92 Å². The van der Waals surface area contributed by atoms with Gasteiger partial charge in [-0.15, -0.1) is 5.10 Å². The molecule has 1 amide bonds. The summed E-state index contributed by atoms with van der Waals surface area (Å²) in [5.41, 5.74) is 7.00. The summed E-state index contributed by atoms with van der Waals surface area (Å²) in [5, 5.41) is 14.2. The Morgan fingerprint density at radius 3 is 2.68 bits per heavy atom. The molecule has 7 nitrogen and oxygen atoms in total. The number of nitrogens with zero attached hydrogens (tertiary/aromatic N) is 4. The van der Waals surface area contributed by atoms with E-state index in [1.807, 2.05) is 37.3 Å². The molecule has 0 spiro atoms. The highest BCUT2D eigenvalue weighted by Gasteiger charge is 2.13. The molecule has 7 heteroatoms. The summed E-state index contributed by atoms with van der Waals surface area (Å²) in [4.78, 5) is 12.6. The van der Waals surface area contributed by atoms with Gasteiger partial charge >= 0.3 is 0 Å². The van der Waals surface area contributed by atoms with E-state index in [9.17, 15) is 4.79 Å². The SMILES string of the molecule is Cc1cc(C(=O)NCc2ccc(-c3ccc4c(c3)CCO4)cc2)ccc1-n1cnnn1. The van der Waals surface area contributed by atoms with Gasteiger partial charge in [0.05, 0.1) is 12.3 Å². The van der Waals surface area contributed by atoms with Gasteiger partial charge in [0, 0.05) is 18.5 Å². The molecule has 1 aromatic heterocycles. The van der Waals surface area contributed by atoms with E-state index >= 15 is 0 Å². The van der Waals surface area contributed by atoms with Crippen molar-refractivity contribution in [1.82, 2.24) is 25.5 Å². The molecule has 1 aliphatic rings. The average molecular weight is 411 g/mol. The van der Waals surface area contributed by atoms with Gasteiger partial charge in [-0.25, -0.2) is 4.68 Å². The molecule has 0 saturated carbocycles. The molecular formula is C24H21N5O2. The van der Waals surface area contributed by atoms with Crippen LogP contribution in [0.5, 0.6) is 5.75 Å². The number of amides is 1. The molecule has 0 unspecified atom stereocenters. The van der Waals surface area contributed by atoms with E-state index in [1.54, 1.807) is 10.7 Å². The van der Waals surface area contributed by atoms with Crippen LogP contribution in [-0.4, -0.2) is 32.7 Å². The lowest BCUT2D eigenvalue weighted by atomic mass is 10.0. The van der Waals surface area contributed by atoms with E-state index in [0.29, 0.717) is 12.1 Å². The van der Waals surface area contributed by atoms with Crippen LogP contribution in [0.1, 0.15) is 27.0 Å². The third kappa shape index (κ3) is 3.90. The van der Waals surface area contributed by atoms with Crippen molar-refractivity contribution in [3.8, 4) is 22.6 Å². The predicted octanol–water partition coefficient (Wildman–Crippen LogP) is 3.50. The van der Waals surface area contributed by atoms with Gasteiger partial charge < -0.3 is 10.1 Å². The molecule has 0 atom stereocenters. The second-order valence-corrected chi connectivity index (χ2v) is 7.56. The standard InChI is InChI=1S/C24H21N5O2/c1-16-12-21(6-8-22(16)29-15-26-27-28-29)24(30)25-14-17-2-4-18(5-3-17)19-7-9-23-20(13-19)10-11-31-23/h2-9,12-13,15H,10-11,14H2,1H3,(H,25,30). The van der Waals surface area contributed by atoms with E-state index in [0.717, 1.165) is 41.2 Å². The van der Waals surface area contributed by atoms with Crippen molar-refractivity contribution in [2.24, 2.45) is 0 Å². The second-order valence-electron chi connectivity index (χ2n) is 7.56. The lowest BCUT2D eigenvalue weighted by Crippen LogP contribution is -2.23. The Kier molecular flexibility index (Phi) is 4.92. The van der Waals surface area contributed by atoms with Crippen LogP contribution in [0.2, 0.25) is 0 Å².